The smallest absolute Gasteiger partial charge is 0.117 e. The van der Waals surface area contributed by atoms with Gasteiger partial charge in [-0.05, 0) is 29.7 Å². The number of imidazole rings is 1. The van der Waals surface area contributed by atoms with Crippen LogP contribution in [0.1, 0.15) is 0 Å². The first-order valence-corrected chi connectivity index (χ1v) is 8.33. The molecule has 3 aromatic heterocycles. The van der Waals surface area contributed by atoms with Crippen molar-refractivity contribution in [1.82, 2.24) is 19.5 Å². The highest BCUT2D eigenvalue weighted by Gasteiger charge is 2.15. The Balaban J connectivity index is 1.98. The third-order valence-electron chi connectivity index (χ3n) is 5.29. The molecule has 1 N–H and O–H groups in total. The Morgan fingerprint density at radius 1 is 0.760 bits per heavy atom. The van der Waals surface area contributed by atoms with Crippen LogP contribution in [0.3, 0.4) is 0 Å². The van der Waals surface area contributed by atoms with Crippen LogP contribution in [0.2, 0.25) is 0 Å². The lowest BCUT2D eigenvalue weighted by molar-refractivity contribution is 1.02. The topological polar surface area (TPSA) is 46.5 Å². The first kappa shape index (κ1) is 13.0. The monoisotopic (exact) mass is 322 g/mol. The molecule has 0 saturated carbocycles. The number of hydrogen-bond donors (Lipinski definition) is 1. The average molecular weight is 322 g/mol. The lowest BCUT2D eigenvalue weighted by Gasteiger charge is -2.07. The summed E-state index contributed by atoms with van der Waals surface area (Å²) >= 11 is 0. The van der Waals surface area contributed by atoms with Gasteiger partial charge in [-0.15, -0.1) is 0 Å². The van der Waals surface area contributed by atoms with Crippen LogP contribution < -0.4 is 0 Å². The highest BCUT2D eigenvalue weighted by Crippen LogP contribution is 2.37. The van der Waals surface area contributed by atoms with Gasteiger partial charge in [0.05, 0.1) is 5.52 Å². The highest BCUT2D eigenvalue weighted by atomic mass is 14.9. The summed E-state index contributed by atoms with van der Waals surface area (Å²) in [6.07, 6.45) is 3.59. The van der Waals surface area contributed by atoms with Gasteiger partial charge in [0.1, 0.15) is 17.4 Å². The highest BCUT2D eigenvalue weighted by molar-refractivity contribution is 6.26. The molecule has 3 heterocycles. The molecule has 25 heavy (non-hydrogen) atoms. The van der Waals surface area contributed by atoms with Crippen LogP contribution in [-0.2, 0) is 7.05 Å². The van der Waals surface area contributed by atoms with Crippen molar-refractivity contribution >= 4 is 54.5 Å². The molecular formula is C21H14N4. The molecule has 0 aliphatic carbocycles. The summed E-state index contributed by atoms with van der Waals surface area (Å²) in [5.41, 5.74) is 5.39. The molecule has 4 heteroatoms. The molecule has 0 spiro atoms. The maximum atomic E-state index is 4.55. The molecule has 0 fully saturated rings. The molecule has 6 rings (SSSR count). The van der Waals surface area contributed by atoms with E-state index >= 15 is 0 Å². The van der Waals surface area contributed by atoms with E-state index in [1.165, 1.54) is 32.6 Å². The fraction of sp³-hybridized carbons (Fsp3) is 0.0476. The van der Waals surface area contributed by atoms with E-state index in [2.05, 4.69) is 69.0 Å². The molecule has 0 radical (unpaired) electrons. The minimum Gasteiger partial charge on any atom is -0.359 e. The van der Waals surface area contributed by atoms with Crippen LogP contribution in [0.4, 0.5) is 0 Å². The van der Waals surface area contributed by atoms with Gasteiger partial charge < -0.3 is 9.55 Å². The SMILES string of the molecule is Cn1c2ccccc2c2cc3c(cc21)c1ncnc1c1[nH]cccc31. The summed E-state index contributed by atoms with van der Waals surface area (Å²) < 4.78 is 2.26. The molecule has 118 valence electrons. The van der Waals surface area contributed by atoms with Crippen LogP contribution in [0.15, 0.2) is 61.1 Å². The van der Waals surface area contributed by atoms with Crippen LogP contribution in [0.5, 0.6) is 0 Å². The predicted octanol–water partition coefficient (Wildman–Crippen LogP) is 4.91. The van der Waals surface area contributed by atoms with Crippen molar-refractivity contribution in [3.8, 4) is 0 Å². The number of aromatic amines is 1. The van der Waals surface area contributed by atoms with Gasteiger partial charge in [0.15, 0.2) is 0 Å². The quantitative estimate of drug-likeness (QED) is 0.404. The largest absolute Gasteiger partial charge is 0.359 e. The van der Waals surface area contributed by atoms with Gasteiger partial charge in [-0.3, -0.25) is 0 Å². The normalized spacial score (nSPS) is 12.2. The van der Waals surface area contributed by atoms with Gasteiger partial charge in [0, 0.05) is 45.8 Å². The second kappa shape index (κ2) is 4.36. The molecule has 0 aliphatic rings. The first-order chi connectivity index (χ1) is 12.3. The number of para-hydroxylation sites is 1. The Hall–Kier alpha value is -3.40. The molecule has 0 bridgehead atoms. The van der Waals surface area contributed by atoms with Crippen molar-refractivity contribution in [2.45, 2.75) is 0 Å². The number of benzene rings is 3. The van der Waals surface area contributed by atoms with E-state index in [0.717, 1.165) is 21.9 Å². The standard InChI is InChI=1S/C21H14N4/c1-25-17-7-3-2-5-12(17)15-9-14-13-6-4-8-22-19(13)21-20(23-11-24-21)16(14)10-18(15)25/h2-11,22H,1H3. The van der Waals surface area contributed by atoms with Gasteiger partial charge in [-0.1, -0.05) is 24.3 Å². The second-order valence-electron chi connectivity index (χ2n) is 6.52. The molecule has 0 saturated heterocycles. The number of H-pyrrole nitrogens is 1. The van der Waals surface area contributed by atoms with E-state index in [1.54, 1.807) is 6.33 Å². The van der Waals surface area contributed by atoms with E-state index < -0.39 is 0 Å². The zero-order chi connectivity index (χ0) is 16.5. The zero-order valence-corrected chi connectivity index (χ0v) is 13.6. The van der Waals surface area contributed by atoms with Gasteiger partial charge in [0.2, 0.25) is 0 Å². The zero-order valence-electron chi connectivity index (χ0n) is 13.6. The minimum absolute atomic E-state index is 0.932. The van der Waals surface area contributed by atoms with Crippen LogP contribution in [0, 0.1) is 0 Å². The number of aryl methyl sites for hydroxylation is 1. The summed E-state index contributed by atoms with van der Waals surface area (Å²) in [6.45, 7) is 0. The molecule has 0 atom stereocenters. The minimum atomic E-state index is 0.932. The third-order valence-corrected chi connectivity index (χ3v) is 5.29. The number of rotatable bonds is 0. The summed E-state index contributed by atoms with van der Waals surface area (Å²) in [5.74, 6) is 0. The van der Waals surface area contributed by atoms with Crippen molar-refractivity contribution in [3.63, 3.8) is 0 Å². The van der Waals surface area contributed by atoms with E-state index in [0.29, 0.717) is 0 Å². The number of nitrogens with zero attached hydrogens (tertiary/aromatic N) is 3. The Morgan fingerprint density at radius 2 is 1.60 bits per heavy atom. The lowest BCUT2D eigenvalue weighted by atomic mass is 10.0. The number of pyridine rings is 1. The van der Waals surface area contributed by atoms with Crippen molar-refractivity contribution in [1.29, 1.82) is 0 Å². The van der Waals surface area contributed by atoms with Crippen molar-refractivity contribution in [2.75, 3.05) is 0 Å². The van der Waals surface area contributed by atoms with E-state index in [-0.39, 0.29) is 0 Å². The molecular weight excluding hydrogens is 308 g/mol. The number of hydrogen-bond acceptors (Lipinski definition) is 2. The Bertz CT molecular complexity index is 1450. The number of aromatic nitrogens is 4. The summed E-state index contributed by atoms with van der Waals surface area (Å²) in [5, 5.41) is 6.10. The summed E-state index contributed by atoms with van der Waals surface area (Å²) in [6, 6.07) is 17.3. The maximum Gasteiger partial charge on any atom is 0.117 e. The van der Waals surface area contributed by atoms with E-state index in [4.69, 9.17) is 0 Å². The van der Waals surface area contributed by atoms with Crippen molar-refractivity contribution < 1.29 is 0 Å². The molecule has 0 unspecified atom stereocenters. The molecule has 0 aliphatic heterocycles. The predicted molar refractivity (Wildman–Crippen MR) is 103 cm³/mol. The Labute approximate surface area is 142 Å². The summed E-state index contributed by atoms with van der Waals surface area (Å²) in [7, 11) is 2.12. The average Bonchev–Trinajstić information content (AvgIpc) is 3.26. The Kier molecular flexibility index (Phi) is 2.26. The molecule has 3 aromatic carbocycles. The number of fused-ring (bicyclic) bond motifs is 9. The number of nitrogens with one attached hydrogen (secondary N) is 1. The van der Waals surface area contributed by atoms with Gasteiger partial charge in [-0.25, -0.2) is 9.97 Å². The third kappa shape index (κ3) is 1.51. The fourth-order valence-corrected chi connectivity index (χ4v) is 4.13. The molecule has 4 nitrogen and oxygen atoms in total. The van der Waals surface area contributed by atoms with Gasteiger partial charge >= 0.3 is 0 Å². The van der Waals surface area contributed by atoms with Crippen molar-refractivity contribution in [2.24, 2.45) is 7.05 Å². The lowest BCUT2D eigenvalue weighted by Crippen LogP contribution is -1.88. The second-order valence-corrected chi connectivity index (χ2v) is 6.52. The maximum absolute atomic E-state index is 4.55. The summed E-state index contributed by atoms with van der Waals surface area (Å²) in [4.78, 5) is 12.4. The van der Waals surface area contributed by atoms with Crippen LogP contribution in [0.25, 0.3) is 54.5 Å². The molecule has 0 amide bonds. The van der Waals surface area contributed by atoms with Crippen molar-refractivity contribution in [3.05, 3.63) is 61.1 Å². The van der Waals surface area contributed by atoms with Gasteiger partial charge in [0.25, 0.3) is 0 Å². The van der Waals surface area contributed by atoms with E-state index in [9.17, 15) is 0 Å². The van der Waals surface area contributed by atoms with Crippen LogP contribution in [-0.4, -0.2) is 19.5 Å². The molecule has 6 aromatic rings. The fourth-order valence-electron chi connectivity index (χ4n) is 4.13. The first-order valence-electron chi connectivity index (χ1n) is 8.33. The van der Waals surface area contributed by atoms with Gasteiger partial charge in [-0.2, -0.15) is 0 Å². The Morgan fingerprint density at radius 3 is 2.56 bits per heavy atom. The van der Waals surface area contributed by atoms with E-state index in [1.807, 2.05) is 12.3 Å². The van der Waals surface area contributed by atoms with Crippen LogP contribution >= 0.6 is 0 Å².